The van der Waals surface area contributed by atoms with Crippen LogP contribution in [0.5, 0.6) is 0 Å². The van der Waals surface area contributed by atoms with Crippen molar-refractivity contribution < 1.29 is 0 Å². The average molecular weight is 619 g/mol. The fourth-order valence-corrected chi connectivity index (χ4v) is 8.05. The summed E-state index contributed by atoms with van der Waals surface area (Å²) >= 11 is 0. The highest BCUT2D eigenvalue weighted by atomic mass is 14.4. The molecule has 0 saturated carbocycles. The molecule has 0 unspecified atom stereocenters. The fraction of sp³-hybridized carbons (Fsp3) is 0.404. The third-order valence-electron chi connectivity index (χ3n) is 10.3. The van der Waals surface area contributed by atoms with Crippen LogP contribution in [0.15, 0.2) is 60.7 Å². The van der Waals surface area contributed by atoms with Crippen LogP contribution in [0.3, 0.4) is 0 Å². The van der Waals surface area contributed by atoms with Gasteiger partial charge in [-0.05, 0) is 123 Å². The van der Waals surface area contributed by atoms with Crippen LogP contribution in [0.2, 0.25) is 0 Å². The van der Waals surface area contributed by atoms with Gasteiger partial charge in [-0.25, -0.2) is 0 Å². The predicted octanol–water partition coefficient (Wildman–Crippen LogP) is 12.5. The SMILES string of the molecule is CCCCCCC1(CCCCCC)c2cc(C#Cc3c(C)cc(C)cc3C)ccc2-c2ccc(C#Cc3c(C)cc(C)cc3C)cc21. The Hall–Kier alpha value is -4.00. The monoisotopic (exact) mass is 618 g/mol. The first-order valence-corrected chi connectivity index (χ1v) is 18.2. The van der Waals surface area contributed by atoms with Crippen LogP contribution in [-0.2, 0) is 5.41 Å². The molecular formula is C47H54. The van der Waals surface area contributed by atoms with Gasteiger partial charge in [0.15, 0.2) is 0 Å². The number of hydrogen-bond acceptors (Lipinski definition) is 0. The maximum absolute atomic E-state index is 3.60. The van der Waals surface area contributed by atoms with Crippen LogP contribution in [0.25, 0.3) is 11.1 Å². The van der Waals surface area contributed by atoms with E-state index >= 15 is 0 Å². The molecule has 0 heteroatoms. The standard InChI is InChI=1S/C47H54/c1-9-11-13-15-25-47(26-16-14-12-10-2)45-31-39(17-21-41-35(5)27-33(3)28-36(41)6)19-23-43(45)44-24-20-40(32-46(44)47)18-22-42-37(7)29-34(4)30-38(42)8/h19-20,23-24,27-32H,9-16,25-26H2,1-8H3. The molecule has 0 heterocycles. The Balaban J connectivity index is 1.62. The third-order valence-corrected chi connectivity index (χ3v) is 10.3. The van der Waals surface area contributed by atoms with E-state index in [0.717, 1.165) is 22.3 Å². The fourth-order valence-electron chi connectivity index (χ4n) is 8.05. The number of benzene rings is 4. The van der Waals surface area contributed by atoms with Gasteiger partial charge in [0.1, 0.15) is 0 Å². The summed E-state index contributed by atoms with van der Waals surface area (Å²) < 4.78 is 0. The molecule has 4 aromatic rings. The van der Waals surface area contributed by atoms with Gasteiger partial charge < -0.3 is 0 Å². The molecule has 5 rings (SSSR count). The lowest BCUT2D eigenvalue weighted by molar-refractivity contribution is 0.401. The maximum Gasteiger partial charge on any atom is 0.0307 e. The first-order chi connectivity index (χ1) is 22.7. The van der Waals surface area contributed by atoms with Crippen molar-refractivity contribution in [3.8, 4) is 34.8 Å². The molecule has 0 nitrogen and oxygen atoms in total. The second kappa shape index (κ2) is 15.3. The summed E-state index contributed by atoms with van der Waals surface area (Å²) in [6, 6.07) is 23.1. The zero-order valence-electron chi connectivity index (χ0n) is 30.3. The van der Waals surface area contributed by atoms with E-state index in [1.54, 1.807) is 0 Å². The van der Waals surface area contributed by atoms with Crippen LogP contribution in [-0.4, -0.2) is 0 Å². The van der Waals surface area contributed by atoms with E-state index in [4.69, 9.17) is 0 Å². The van der Waals surface area contributed by atoms with E-state index < -0.39 is 0 Å². The molecule has 0 radical (unpaired) electrons. The number of hydrogen-bond donors (Lipinski definition) is 0. The molecule has 0 aromatic heterocycles. The van der Waals surface area contributed by atoms with Gasteiger partial charge in [-0.2, -0.15) is 0 Å². The molecule has 0 saturated heterocycles. The van der Waals surface area contributed by atoms with Crippen molar-refractivity contribution in [1.29, 1.82) is 0 Å². The highest BCUT2D eigenvalue weighted by Crippen LogP contribution is 2.54. The number of unbranched alkanes of at least 4 members (excludes halogenated alkanes) is 6. The third kappa shape index (κ3) is 7.61. The zero-order chi connectivity index (χ0) is 33.6. The summed E-state index contributed by atoms with van der Waals surface area (Å²) in [4.78, 5) is 0. The van der Waals surface area contributed by atoms with Crippen LogP contribution in [0.4, 0.5) is 0 Å². The minimum Gasteiger partial charge on any atom is -0.0654 e. The molecule has 0 N–H and O–H groups in total. The maximum atomic E-state index is 3.60. The molecule has 4 aromatic carbocycles. The van der Waals surface area contributed by atoms with Gasteiger partial charge in [-0.3, -0.25) is 0 Å². The Morgan fingerprint density at radius 3 is 1.19 bits per heavy atom. The molecule has 0 spiro atoms. The van der Waals surface area contributed by atoms with Crippen molar-refractivity contribution in [1.82, 2.24) is 0 Å². The second-order valence-corrected chi connectivity index (χ2v) is 14.3. The lowest BCUT2D eigenvalue weighted by Crippen LogP contribution is -2.26. The van der Waals surface area contributed by atoms with Crippen LogP contribution < -0.4 is 0 Å². The normalized spacial score (nSPS) is 12.5. The molecule has 47 heavy (non-hydrogen) atoms. The van der Waals surface area contributed by atoms with Crippen LogP contribution in [0.1, 0.15) is 145 Å². The first-order valence-electron chi connectivity index (χ1n) is 18.2. The van der Waals surface area contributed by atoms with Gasteiger partial charge in [0, 0.05) is 27.7 Å². The summed E-state index contributed by atoms with van der Waals surface area (Å²) in [5.41, 5.74) is 17.9. The molecule has 0 aliphatic heterocycles. The predicted molar refractivity (Wildman–Crippen MR) is 203 cm³/mol. The molecule has 242 valence electrons. The topological polar surface area (TPSA) is 0 Å². The first kappa shape index (κ1) is 34.3. The average Bonchev–Trinajstić information content (AvgIpc) is 3.29. The summed E-state index contributed by atoms with van der Waals surface area (Å²) in [6.45, 7) is 17.7. The van der Waals surface area contributed by atoms with Crippen LogP contribution in [0, 0.1) is 65.2 Å². The second-order valence-electron chi connectivity index (χ2n) is 14.3. The van der Waals surface area contributed by atoms with Gasteiger partial charge >= 0.3 is 0 Å². The van der Waals surface area contributed by atoms with Crippen molar-refractivity contribution in [3.63, 3.8) is 0 Å². The van der Waals surface area contributed by atoms with Gasteiger partial charge in [0.2, 0.25) is 0 Å². The molecule has 0 bridgehead atoms. The highest BCUT2D eigenvalue weighted by Gasteiger charge is 2.42. The van der Waals surface area contributed by atoms with E-state index in [-0.39, 0.29) is 5.41 Å². The number of rotatable bonds is 10. The Bertz CT molecular complexity index is 1690. The van der Waals surface area contributed by atoms with E-state index in [0.29, 0.717) is 0 Å². The van der Waals surface area contributed by atoms with Crippen molar-refractivity contribution in [2.75, 3.05) is 0 Å². The van der Waals surface area contributed by atoms with E-state index in [9.17, 15) is 0 Å². The van der Waals surface area contributed by atoms with Gasteiger partial charge in [-0.1, -0.05) is 136 Å². The molecule has 0 amide bonds. The van der Waals surface area contributed by atoms with Crippen molar-refractivity contribution >= 4 is 0 Å². The smallest absolute Gasteiger partial charge is 0.0307 e. The molecule has 1 aliphatic carbocycles. The van der Waals surface area contributed by atoms with Crippen LogP contribution >= 0.6 is 0 Å². The minimum absolute atomic E-state index is 0.00703. The summed E-state index contributed by atoms with van der Waals surface area (Å²) in [5.74, 6) is 14.3. The zero-order valence-corrected chi connectivity index (χ0v) is 30.3. The molecule has 1 aliphatic rings. The summed E-state index contributed by atoms with van der Waals surface area (Å²) in [7, 11) is 0. The Morgan fingerprint density at radius 1 is 0.447 bits per heavy atom. The lowest BCUT2D eigenvalue weighted by atomic mass is 9.70. The minimum atomic E-state index is -0.00703. The quantitative estimate of drug-likeness (QED) is 0.122. The Labute approximate surface area is 286 Å². The van der Waals surface area contributed by atoms with Gasteiger partial charge in [0.25, 0.3) is 0 Å². The molecule has 0 fully saturated rings. The number of aryl methyl sites for hydroxylation is 6. The van der Waals surface area contributed by atoms with Crippen molar-refractivity contribution in [2.45, 2.75) is 125 Å². The summed E-state index contributed by atoms with van der Waals surface area (Å²) in [6.07, 6.45) is 12.5. The Morgan fingerprint density at radius 2 is 0.830 bits per heavy atom. The molecular weight excluding hydrogens is 565 g/mol. The number of fused-ring (bicyclic) bond motifs is 3. The van der Waals surface area contributed by atoms with Crippen molar-refractivity contribution in [2.24, 2.45) is 0 Å². The lowest BCUT2D eigenvalue weighted by Gasteiger charge is -2.33. The van der Waals surface area contributed by atoms with Gasteiger partial charge in [0.05, 0.1) is 0 Å². The molecule has 0 atom stereocenters. The Kier molecular flexibility index (Phi) is 11.2. The van der Waals surface area contributed by atoms with Gasteiger partial charge in [-0.15, -0.1) is 0 Å². The largest absolute Gasteiger partial charge is 0.0654 e. The summed E-state index contributed by atoms with van der Waals surface area (Å²) in [5, 5.41) is 0. The highest BCUT2D eigenvalue weighted by molar-refractivity contribution is 5.82. The van der Waals surface area contributed by atoms with E-state index in [2.05, 4.69) is 140 Å². The van der Waals surface area contributed by atoms with Crippen molar-refractivity contribution in [3.05, 3.63) is 127 Å². The van der Waals surface area contributed by atoms with E-state index in [1.807, 2.05) is 0 Å². The van der Waals surface area contributed by atoms with E-state index in [1.165, 1.54) is 120 Å².